The molecule has 0 saturated heterocycles. The normalized spacial score (nSPS) is 11.5. The summed E-state index contributed by atoms with van der Waals surface area (Å²) < 4.78 is 43.2. The van der Waals surface area contributed by atoms with Gasteiger partial charge in [0.25, 0.3) is 10.0 Å². The van der Waals surface area contributed by atoms with E-state index >= 15 is 0 Å². The van der Waals surface area contributed by atoms with Crippen molar-refractivity contribution >= 4 is 32.2 Å². The highest BCUT2D eigenvalue weighted by atomic mass is 79.9. The van der Waals surface area contributed by atoms with Gasteiger partial charge in [-0.2, -0.15) is 13.5 Å². The molecule has 0 aliphatic carbocycles. The predicted octanol–water partition coefficient (Wildman–Crippen LogP) is 3.73. The second-order valence-corrected chi connectivity index (χ2v) is 7.18. The predicted molar refractivity (Wildman–Crippen MR) is 94.0 cm³/mol. The van der Waals surface area contributed by atoms with Gasteiger partial charge in [0.15, 0.2) is 0 Å². The molecule has 0 amide bonds. The van der Waals surface area contributed by atoms with E-state index in [2.05, 4.69) is 32.4 Å². The lowest BCUT2D eigenvalue weighted by atomic mass is 10.2. The number of hydrazone groups is 1. The second kappa shape index (κ2) is 7.59. The summed E-state index contributed by atoms with van der Waals surface area (Å²) >= 11 is 3.08. The van der Waals surface area contributed by atoms with Gasteiger partial charge in [-0.1, -0.05) is 24.3 Å². The third kappa shape index (κ3) is 4.21. The van der Waals surface area contributed by atoms with E-state index in [4.69, 9.17) is 4.74 Å². The van der Waals surface area contributed by atoms with Crippen molar-refractivity contribution in [3.8, 4) is 5.75 Å². The van der Waals surface area contributed by atoms with E-state index in [1.165, 1.54) is 30.5 Å². The van der Waals surface area contributed by atoms with Gasteiger partial charge < -0.3 is 4.74 Å². The minimum Gasteiger partial charge on any atom is -0.465 e. The van der Waals surface area contributed by atoms with Crippen LogP contribution in [0.4, 0.5) is 4.39 Å². The number of nitrogens with one attached hydrogen (secondary N) is 1. The van der Waals surface area contributed by atoms with E-state index in [1.807, 2.05) is 6.92 Å². The Hall–Kier alpha value is -2.19. The topological polar surface area (TPSA) is 67.8 Å². The monoisotopic (exact) mass is 412 g/mol. The third-order valence-electron chi connectivity index (χ3n) is 3.00. The highest BCUT2D eigenvalue weighted by Crippen LogP contribution is 2.28. The van der Waals surface area contributed by atoms with Crippen molar-refractivity contribution in [2.75, 3.05) is 0 Å². The summed E-state index contributed by atoms with van der Waals surface area (Å²) in [7, 11) is -3.81. The standard InChI is InChI=1S/C16H14BrFN2O3S/c1-3-23-15-9-8-14(18)16(17)13(15)10-19-20-24(21,22)12-6-4-11(2)5-7-12/h3-10,20H,1H2,2H3/b19-10+. The number of hydrogen-bond acceptors (Lipinski definition) is 4. The summed E-state index contributed by atoms with van der Waals surface area (Å²) in [6, 6.07) is 8.89. The average molecular weight is 413 g/mol. The molecule has 8 heteroatoms. The van der Waals surface area contributed by atoms with Crippen LogP contribution in [0.25, 0.3) is 0 Å². The van der Waals surface area contributed by atoms with Crippen molar-refractivity contribution < 1.29 is 17.5 Å². The van der Waals surface area contributed by atoms with Crippen LogP contribution >= 0.6 is 15.9 Å². The smallest absolute Gasteiger partial charge is 0.276 e. The number of rotatable bonds is 6. The molecule has 0 aliphatic rings. The molecule has 0 spiro atoms. The van der Waals surface area contributed by atoms with Gasteiger partial charge >= 0.3 is 0 Å². The lowest BCUT2D eigenvalue weighted by Crippen LogP contribution is -2.18. The van der Waals surface area contributed by atoms with E-state index in [-0.39, 0.29) is 20.7 Å². The van der Waals surface area contributed by atoms with Crippen LogP contribution in [0.1, 0.15) is 11.1 Å². The van der Waals surface area contributed by atoms with E-state index < -0.39 is 15.8 Å². The van der Waals surface area contributed by atoms with Crippen LogP contribution < -0.4 is 9.57 Å². The fourth-order valence-electron chi connectivity index (χ4n) is 1.79. The molecule has 0 heterocycles. The number of nitrogens with zero attached hydrogens (tertiary/aromatic N) is 1. The zero-order chi connectivity index (χ0) is 17.7. The van der Waals surface area contributed by atoms with Crippen molar-refractivity contribution in [3.63, 3.8) is 0 Å². The van der Waals surface area contributed by atoms with E-state index in [9.17, 15) is 12.8 Å². The van der Waals surface area contributed by atoms with E-state index in [1.54, 1.807) is 12.1 Å². The Morgan fingerprint density at radius 1 is 1.25 bits per heavy atom. The molecule has 0 radical (unpaired) electrons. The first-order chi connectivity index (χ1) is 11.3. The Kier molecular flexibility index (Phi) is 5.74. The number of ether oxygens (including phenoxy) is 1. The highest BCUT2D eigenvalue weighted by Gasteiger charge is 2.13. The molecule has 0 bridgehead atoms. The average Bonchev–Trinajstić information content (AvgIpc) is 2.54. The number of aryl methyl sites for hydroxylation is 1. The number of sulfonamides is 1. The number of hydrogen-bond donors (Lipinski definition) is 1. The number of halogens is 2. The summed E-state index contributed by atoms with van der Waals surface area (Å²) in [5, 5.41) is 3.68. The maximum atomic E-state index is 13.6. The van der Waals surface area contributed by atoms with Crippen LogP contribution in [0.3, 0.4) is 0 Å². The first-order valence-electron chi connectivity index (χ1n) is 6.72. The Bertz CT molecular complexity index is 881. The van der Waals surface area contributed by atoms with Gasteiger partial charge in [-0.3, -0.25) is 0 Å². The van der Waals surface area contributed by atoms with Gasteiger partial charge in [0.05, 0.1) is 27.4 Å². The molecule has 126 valence electrons. The van der Waals surface area contributed by atoms with Crippen molar-refractivity contribution in [3.05, 3.63) is 70.7 Å². The minimum atomic E-state index is -3.81. The van der Waals surface area contributed by atoms with Gasteiger partial charge in [0.1, 0.15) is 11.6 Å². The molecule has 0 atom stereocenters. The van der Waals surface area contributed by atoms with Crippen molar-refractivity contribution in [2.24, 2.45) is 5.10 Å². The largest absolute Gasteiger partial charge is 0.465 e. The molecule has 5 nitrogen and oxygen atoms in total. The summed E-state index contributed by atoms with van der Waals surface area (Å²) in [5.41, 5.74) is 1.17. The maximum absolute atomic E-state index is 13.6. The molecule has 2 aromatic carbocycles. The van der Waals surface area contributed by atoms with Gasteiger partial charge in [0.2, 0.25) is 0 Å². The summed E-state index contributed by atoms with van der Waals surface area (Å²) in [6.07, 6.45) is 2.32. The van der Waals surface area contributed by atoms with Crippen LogP contribution in [-0.2, 0) is 10.0 Å². The first-order valence-corrected chi connectivity index (χ1v) is 9.00. The minimum absolute atomic E-state index is 0.0751. The maximum Gasteiger partial charge on any atom is 0.276 e. The molecule has 2 aromatic rings. The third-order valence-corrected chi connectivity index (χ3v) is 5.05. The summed E-state index contributed by atoms with van der Waals surface area (Å²) in [4.78, 5) is 2.15. The van der Waals surface area contributed by atoms with E-state index in [0.29, 0.717) is 0 Å². The molecule has 0 aliphatic heterocycles. The molecule has 0 saturated carbocycles. The van der Waals surface area contributed by atoms with E-state index in [0.717, 1.165) is 11.8 Å². The van der Waals surface area contributed by atoms with Crippen LogP contribution in [0.5, 0.6) is 5.75 Å². The molecule has 2 rings (SSSR count). The molecule has 0 unspecified atom stereocenters. The van der Waals surface area contributed by atoms with Crippen LogP contribution in [0.15, 0.2) is 63.7 Å². The zero-order valence-electron chi connectivity index (χ0n) is 12.7. The fourth-order valence-corrected chi connectivity index (χ4v) is 3.01. The van der Waals surface area contributed by atoms with Crippen molar-refractivity contribution in [1.29, 1.82) is 0 Å². The van der Waals surface area contributed by atoms with Gasteiger partial charge in [-0.25, -0.2) is 9.22 Å². The van der Waals surface area contributed by atoms with Gasteiger partial charge in [0, 0.05) is 0 Å². The van der Waals surface area contributed by atoms with Crippen LogP contribution in [0.2, 0.25) is 0 Å². The molecule has 0 fully saturated rings. The second-order valence-electron chi connectivity index (χ2n) is 4.72. The molecule has 0 aromatic heterocycles. The first kappa shape index (κ1) is 18.2. The summed E-state index contributed by atoms with van der Waals surface area (Å²) in [5.74, 6) is -0.259. The Morgan fingerprint density at radius 2 is 1.92 bits per heavy atom. The molecular weight excluding hydrogens is 399 g/mol. The van der Waals surface area contributed by atoms with Crippen molar-refractivity contribution in [2.45, 2.75) is 11.8 Å². The molecule has 1 N–H and O–H groups in total. The SMILES string of the molecule is C=COc1ccc(F)c(Br)c1/C=N/NS(=O)(=O)c1ccc(C)cc1. The fraction of sp³-hybridized carbons (Fsp3) is 0.0625. The Morgan fingerprint density at radius 3 is 2.54 bits per heavy atom. The Balaban J connectivity index is 2.27. The highest BCUT2D eigenvalue weighted by molar-refractivity contribution is 9.10. The Labute approximate surface area is 148 Å². The van der Waals surface area contributed by atoms with Gasteiger partial charge in [-0.05, 0) is 47.1 Å². The van der Waals surface area contributed by atoms with Crippen LogP contribution in [0, 0.1) is 12.7 Å². The lowest BCUT2D eigenvalue weighted by Gasteiger charge is -2.08. The lowest BCUT2D eigenvalue weighted by molar-refractivity contribution is 0.479. The summed E-state index contributed by atoms with van der Waals surface area (Å²) in [6.45, 7) is 5.28. The zero-order valence-corrected chi connectivity index (χ0v) is 15.1. The number of benzene rings is 2. The molecular formula is C16H14BrFN2O3S. The quantitative estimate of drug-likeness (QED) is 0.446. The van der Waals surface area contributed by atoms with Gasteiger partial charge in [-0.15, -0.1) is 0 Å². The van der Waals surface area contributed by atoms with Crippen LogP contribution in [-0.4, -0.2) is 14.6 Å². The van der Waals surface area contributed by atoms with Crippen molar-refractivity contribution in [1.82, 2.24) is 4.83 Å². The molecule has 24 heavy (non-hydrogen) atoms.